The van der Waals surface area contributed by atoms with Crippen LogP contribution in [0.1, 0.15) is 32.6 Å². The van der Waals surface area contributed by atoms with Gasteiger partial charge in [-0.05, 0) is 38.1 Å². The minimum absolute atomic E-state index is 0.352. The molecule has 0 aliphatic carbocycles. The molecule has 2 saturated heterocycles. The van der Waals surface area contributed by atoms with E-state index in [0.717, 1.165) is 26.0 Å². The van der Waals surface area contributed by atoms with Crippen LogP contribution in [-0.2, 0) is 4.74 Å². The molecule has 2 aliphatic heterocycles. The Morgan fingerprint density at radius 3 is 3.07 bits per heavy atom. The number of methoxy groups -OCH3 is 1. The van der Waals surface area contributed by atoms with E-state index in [4.69, 9.17) is 4.74 Å². The minimum Gasteiger partial charge on any atom is -0.388 e. The number of fused-ring (bicyclic) bond motifs is 1. The lowest BCUT2D eigenvalue weighted by Crippen LogP contribution is -2.46. The van der Waals surface area contributed by atoms with E-state index in [1.165, 1.54) is 19.4 Å². The van der Waals surface area contributed by atoms with E-state index in [1.54, 1.807) is 7.11 Å². The molecule has 3 atom stereocenters. The first-order valence-electron chi connectivity index (χ1n) is 6.14. The summed E-state index contributed by atoms with van der Waals surface area (Å²) in [5, 5.41) is 10.8. The second kappa shape index (κ2) is 4.40. The molecule has 2 rings (SSSR count). The van der Waals surface area contributed by atoms with Crippen LogP contribution in [0.5, 0.6) is 0 Å². The number of rotatable bonds is 4. The van der Waals surface area contributed by atoms with Gasteiger partial charge in [0.25, 0.3) is 0 Å². The molecule has 0 amide bonds. The summed E-state index contributed by atoms with van der Waals surface area (Å²) in [5.74, 6) is 0.352. The third-order valence-electron chi connectivity index (χ3n) is 4.35. The molecule has 2 heterocycles. The van der Waals surface area contributed by atoms with Gasteiger partial charge in [0.15, 0.2) is 0 Å². The summed E-state index contributed by atoms with van der Waals surface area (Å²) in [6.07, 6.45) is 4.34. The molecular weight excluding hydrogens is 190 g/mol. The fourth-order valence-corrected chi connectivity index (χ4v) is 3.27. The van der Waals surface area contributed by atoms with E-state index in [-0.39, 0.29) is 0 Å². The van der Waals surface area contributed by atoms with Crippen LogP contribution in [0, 0.1) is 5.92 Å². The number of hydrogen-bond donors (Lipinski definition) is 1. The molecule has 88 valence electrons. The van der Waals surface area contributed by atoms with Crippen molar-refractivity contribution in [3.05, 3.63) is 0 Å². The summed E-state index contributed by atoms with van der Waals surface area (Å²) in [5.41, 5.74) is -0.449. The molecule has 2 aliphatic rings. The van der Waals surface area contributed by atoms with E-state index in [0.29, 0.717) is 12.0 Å². The lowest BCUT2D eigenvalue weighted by molar-refractivity contribution is -0.0424. The first kappa shape index (κ1) is 11.4. The molecule has 0 bridgehead atoms. The molecule has 3 heteroatoms. The zero-order valence-corrected chi connectivity index (χ0v) is 9.91. The quantitative estimate of drug-likeness (QED) is 0.763. The van der Waals surface area contributed by atoms with Gasteiger partial charge in [-0.25, -0.2) is 0 Å². The van der Waals surface area contributed by atoms with Crippen molar-refractivity contribution in [3.8, 4) is 0 Å². The monoisotopic (exact) mass is 213 g/mol. The lowest BCUT2D eigenvalue weighted by Gasteiger charge is -2.35. The number of nitrogens with zero attached hydrogens (tertiary/aromatic N) is 1. The zero-order chi connectivity index (χ0) is 10.9. The molecule has 2 fully saturated rings. The fourth-order valence-electron chi connectivity index (χ4n) is 3.27. The molecule has 0 aromatic heterocycles. The van der Waals surface area contributed by atoms with Crippen molar-refractivity contribution in [2.45, 2.75) is 44.2 Å². The molecule has 0 radical (unpaired) electrons. The number of ether oxygens (including phenoxy) is 1. The Labute approximate surface area is 92.4 Å². The van der Waals surface area contributed by atoms with Gasteiger partial charge in [-0.1, -0.05) is 6.92 Å². The molecule has 3 unspecified atom stereocenters. The summed E-state index contributed by atoms with van der Waals surface area (Å²) in [7, 11) is 1.73. The van der Waals surface area contributed by atoms with Crippen LogP contribution in [0.25, 0.3) is 0 Å². The highest BCUT2D eigenvalue weighted by molar-refractivity contribution is 5.04. The van der Waals surface area contributed by atoms with Crippen molar-refractivity contribution < 1.29 is 9.84 Å². The molecule has 0 aromatic rings. The Bertz CT molecular complexity index is 222. The topological polar surface area (TPSA) is 32.7 Å². The Kier molecular flexibility index (Phi) is 3.33. The largest absolute Gasteiger partial charge is 0.388 e. The molecule has 15 heavy (non-hydrogen) atoms. The van der Waals surface area contributed by atoms with Crippen molar-refractivity contribution >= 4 is 0 Å². The molecule has 3 nitrogen and oxygen atoms in total. The standard InChI is InChI=1S/C12H23NO2/c1-10(5-9-15-2)12(14)6-8-13-7-3-4-11(12)13/h10-11,14H,3-9H2,1-2H3. The van der Waals surface area contributed by atoms with Gasteiger partial charge >= 0.3 is 0 Å². The average Bonchev–Trinajstić information content (AvgIpc) is 2.80. The molecule has 0 saturated carbocycles. The van der Waals surface area contributed by atoms with Crippen LogP contribution in [-0.4, -0.2) is 48.5 Å². The van der Waals surface area contributed by atoms with Gasteiger partial charge < -0.3 is 9.84 Å². The zero-order valence-electron chi connectivity index (χ0n) is 9.91. The van der Waals surface area contributed by atoms with E-state index in [2.05, 4.69) is 11.8 Å². The summed E-state index contributed by atoms with van der Waals surface area (Å²) in [6, 6.07) is 0.421. The molecule has 1 N–H and O–H groups in total. The Morgan fingerprint density at radius 1 is 1.53 bits per heavy atom. The smallest absolute Gasteiger partial charge is 0.0840 e. The summed E-state index contributed by atoms with van der Waals surface area (Å²) >= 11 is 0. The normalized spacial score (nSPS) is 38.2. The van der Waals surface area contributed by atoms with Crippen molar-refractivity contribution in [1.29, 1.82) is 0 Å². The van der Waals surface area contributed by atoms with Crippen LogP contribution >= 0.6 is 0 Å². The third-order valence-corrected chi connectivity index (χ3v) is 4.35. The lowest BCUT2D eigenvalue weighted by atomic mass is 9.79. The van der Waals surface area contributed by atoms with Crippen LogP contribution in [0.2, 0.25) is 0 Å². The van der Waals surface area contributed by atoms with Crippen molar-refractivity contribution in [2.75, 3.05) is 26.8 Å². The summed E-state index contributed by atoms with van der Waals surface area (Å²) in [4.78, 5) is 2.46. The van der Waals surface area contributed by atoms with Gasteiger partial charge in [-0.3, -0.25) is 4.90 Å². The van der Waals surface area contributed by atoms with Gasteiger partial charge in [0.2, 0.25) is 0 Å². The second-order valence-electron chi connectivity index (χ2n) is 5.12. The van der Waals surface area contributed by atoms with Crippen LogP contribution in [0.4, 0.5) is 0 Å². The number of hydrogen-bond acceptors (Lipinski definition) is 3. The van der Waals surface area contributed by atoms with Crippen LogP contribution in [0.15, 0.2) is 0 Å². The van der Waals surface area contributed by atoms with Gasteiger partial charge in [0, 0.05) is 26.3 Å². The maximum Gasteiger partial charge on any atom is 0.0840 e. The van der Waals surface area contributed by atoms with Crippen molar-refractivity contribution in [3.63, 3.8) is 0 Å². The Hall–Kier alpha value is -0.120. The van der Waals surface area contributed by atoms with E-state index in [9.17, 15) is 5.11 Å². The predicted octanol–water partition coefficient (Wildman–Crippen LogP) is 1.26. The highest BCUT2D eigenvalue weighted by Crippen LogP contribution is 2.41. The van der Waals surface area contributed by atoms with Gasteiger partial charge in [0.1, 0.15) is 0 Å². The SMILES string of the molecule is COCCC(C)C1(O)CCN2CCCC21. The van der Waals surface area contributed by atoms with E-state index >= 15 is 0 Å². The molecule has 0 aromatic carbocycles. The fraction of sp³-hybridized carbons (Fsp3) is 1.00. The number of aliphatic hydroxyl groups is 1. The maximum atomic E-state index is 10.8. The summed E-state index contributed by atoms with van der Waals surface area (Å²) in [6.45, 7) is 5.19. The molecule has 0 spiro atoms. The summed E-state index contributed by atoms with van der Waals surface area (Å²) < 4.78 is 5.10. The van der Waals surface area contributed by atoms with Crippen molar-refractivity contribution in [2.24, 2.45) is 5.92 Å². The average molecular weight is 213 g/mol. The third kappa shape index (κ3) is 1.93. The first-order chi connectivity index (χ1) is 7.18. The Morgan fingerprint density at radius 2 is 2.33 bits per heavy atom. The van der Waals surface area contributed by atoms with E-state index < -0.39 is 5.60 Å². The van der Waals surface area contributed by atoms with Crippen LogP contribution < -0.4 is 0 Å². The maximum absolute atomic E-state index is 10.8. The molecular formula is C12H23NO2. The van der Waals surface area contributed by atoms with Gasteiger partial charge in [-0.15, -0.1) is 0 Å². The predicted molar refractivity (Wildman–Crippen MR) is 59.8 cm³/mol. The highest BCUT2D eigenvalue weighted by atomic mass is 16.5. The van der Waals surface area contributed by atoms with Crippen molar-refractivity contribution in [1.82, 2.24) is 4.90 Å². The Balaban J connectivity index is 1.99. The first-order valence-corrected chi connectivity index (χ1v) is 6.14. The van der Waals surface area contributed by atoms with Gasteiger partial charge in [-0.2, -0.15) is 0 Å². The van der Waals surface area contributed by atoms with E-state index in [1.807, 2.05) is 0 Å². The highest BCUT2D eigenvalue weighted by Gasteiger charge is 2.50. The van der Waals surface area contributed by atoms with Crippen LogP contribution in [0.3, 0.4) is 0 Å². The van der Waals surface area contributed by atoms with Gasteiger partial charge in [0.05, 0.1) is 5.60 Å². The minimum atomic E-state index is -0.449. The second-order valence-corrected chi connectivity index (χ2v) is 5.12.